The van der Waals surface area contributed by atoms with Crippen molar-refractivity contribution in [2.75, 3.05) is 5.33 Å². The lowest BCUT2D eigenvalue weighted by Crippen LogP contribution is -2.52. The van der Waals surface area contributed by atoms with Gasteiger partial charge in [0.2, 0.25) is 0 Å². The fourth-order valence-corrected chi connectivity index (χ4v) is 6.56. The van der Waals surface area contributed by atoms with Gasteiger partial charge in [-0.05, 0) is 46.8 Å². The summed E-state index contributed by atoms with van der Waals surface area (Å²) in [5.41, 5.74) is 3.53. The number of hydrogen-bond acceptors (Lipinski definition) is 1. The van der Waals surface area contributed by atoms with E-state index < -0.39 is 11.5 Å². The largest absolute Gasteiger partial charge is 0.392 e. The van der Waals surface area contributed by atoms with E-state index in [1.54, 1.807) is 0 Å². The summed E-state index contributed by atoms with van der Waals surface area (Å²) in [7, 11) is 0. The fourth-order valence-electron chi connectivity index (χ4n) is 5.92. The van der Waals surface area contributed by atoms with E-state index in [0.717, 1.165) is 18.2 Å². The summed E-state index contributed by atoms with van der Waals surface area (Å²) >= 11 is 3.75. The van der Waals surface area contributed by atoms with Crippen LogP contribution in [0.15, 0.2) is 91.0 Å². The minimum atomic E-state index is -0.423. The van der Waals surface area contributed by atoms with E-state index in [0.29, 0.717) is 5.92 Å². The smallest absolute Gasteiger partial charge is 0.0619 e. The van der Waals surface area contributed by atoms with Crippen molar-refractivity contribution >= 4 is 15.9 Å². The van der Waals surface area contributed by atoms with Gasteiger partial charge in [-0.3, -0.25) is 0 Å². The van der Waals surface area contributed by atoms with Crippen LogP contribution in [-0.2, 0) is 5.41 Å². The summed E-state index contributed by atoms with van der Waals surface area (Å²) in [6.07, 6.45) is 1.65. The Morgan fingerprint density at radius 2 is 1.12 bits per heavy atom. The van der Waals surface area contributed by atoms with Crippen LogP contribution in [0.3, 0.4) is 0 Å². The molecule has 1 aliphatic rings. The number of halogens is 1. The number of benzene rings is 3. The van der Waals surface area contributed by atoms with Gasteiger partial charge in [-0.1, -0.05) is 128 Å². The first-order valence-corrected chi connectivity index (χ1v) is 12.9. The van der Waals surface area contributed by atoms with Gasteiger partial charge in [-0.15, -0.1) is 0 Å². The third kappa shape index (κ3) is 4.20. The highest BCUT2D eigenvalue weighted by Crippen LogP contribution is 2.55. The lowest BCUT2D eigenvalue weighted by molar-refractivity contribution is -0.0376. The minimum Gasteiger partial charge on any atom is -0.392 e. The second-order valence-corrected chi connectivity index (χ2v) is 11.1. The lowest BCUT2D eigenvalue weighted by Gasteiger charge is -2.52. The molecular formula is C30H35BrO. The number of alkyl halides is 1. The zero-order valence-electron chi connectivity index (χ0n) is 19.4. The van der Waals surface area contributed by atoms with E-state index in [9.17, 15) is 5.11 Å². The summed E-state index contributed by atoms with van der Waals surface area (Å²) in [6.45, 7) is 7.06. The molecule has 0 amide bonds. The predicted molar refractivity (Wildman–Crippen MR) is 138 cm³/mol. The molecule has 4 rings (SSSR count). The average Bonchev–Trinajstić information content (AvgIpc) is 2.82. The maximum Gasteiger partial charge on any atom is 0.0619 e. The molecule has 1 nitrogen and oxygen atoms in total. The quantitative estimate of drug-likeness (QED) is 0.290. The monoisotopic (exact) mass is 490 g/mol. The van der Waals surface area contributed by atoms with E-state index >= 15 is 0 Å². The molecule has 1 saturated carbocycles. The highest BCUT2D eigenvalue weighted by atomic mass is 79.9. The SMILES string of the molecule is CC(C)(C)C1CC(CBr)C(O)C(C(c2ccccc2)(c2ccccc2)c2ccccc2)C1. The van der Waals surface area contributed by atoms with E-state index in [2.05, 4.69) is 128 Å². The van der Waals surface area contributed by atoms with Crippen LogP contribution in [0.5, 0.6) is 0 Å². The Labute approximate surface area is 202 Å². The van der Waals surface area contributed by atoms with Crippen molar-refractivity contribution < 1.29 is 5.11 Å². The van der Waals surface area contributed by atoms with Gasteiger partial charge in [0.15, 0.2) is 0 Å². The topological polar surface area (TPSA) is 20.2 Å². The van der Waals surface area contributed by atoms with Crippen LogP contribution >= 0.6 is 15.9 Å². The number of aliphatic hydroxyl groups excluding tert-OH is 1. The lowest BCUT2D eigenvalue weighted by atomic mass is 9.52. The molecule has 1 N–H and O–H groups in total. The molecule has 0 heterocycles. The van der Waals surface area contributed by atoms with Gasteiger partial charge in [-0.2, -0.15) is 0 Å². The number of rotatable bonds is 5. The van der Waals surface area contributed by atoms with Crippen LogP contribution in [0.4, 0.5) is 0 Å². The van der Waals surface area contributed by atoms with Crippen molar-refractivity contribution in [1.29, 1.82) is 0 Å². The van der Waals surface area contributed by atoms with E-state index in [-0.39, 0.29) is 17.3 Å². The van der Waals surface area contributed by atoms with Crippen molar-refractivity contribution in [2.24, 2.45) is 23.2 Å². The maximum absolute atomic E-state index is 11.9. The first-order valence-electron chi connectivity index (χ1n) is 11.8. The summed E-state index contributed by atoms with van der Waals surface area (Å²) in [4.78, 5) is 0. The second-order valence-electron chi connectivity index (χ2n) is 10.5. The Bertz CT molecular complexity index is 881. The molecule has 0 saturated heterocycles. The van der Waals surface area contributed by atoms with Crippen LogP contribution in [0.2, 0.25) is 0 Å². The van der Waals surface area contributed by atoms with Crippen molar-refractivity contribution in [1.82, 2.24) is 0 Å². The average molecular weight is 492 g/mol. The molecule has 2 heteroatoms. The highest BCUT2D eigenvalue weighted by Gasteiger charge is 2.52. The van der Waals surface area contributed by atoms with Crippen LogP contribution < -0.4 is 0 Å². The van der Waals surface area contributed by atoms with Gasteiger partial charge in [0, 0.05) is 11.2 Å². The minimum absolute atomic E-state index is 0.0650. The molecule has 0 aromatic heterocycles. The third-order valence-corrected chi connectivity index (χ3v) is 8.52. The van der Waals surface area contributed by atoms with Gasteiger partial charge in [0.05, 0.1) is 11.5 Å². The second kappa shape index (κ2) is 9.53. The molecule has 4 unspecified atom stereocenters. The van der Waals surface area contributed by atoms with Crippen LogP contribution in [0.1, 0.15) is 50.3 Å². The van der Waals surface area contributed by atoms with Gasteiger partial charge < -0.3 is 5.11 Å². The van der Waals surface area contributed by atoms with Crippen LogP contribution in [0.25, 0.3) is 0 Å². The zero-order chi connectivity index (χ0) is 22.8. The van der Waals surface area contributed by atoms with E-state index in [4.69, 9.17) is 0 Å². The number of aliphatic hydroxyl groups is 1. The molecule has 3 aromatic rings. The molecule has 0 aliphatic heterocycles. The molecule has 0 spiro atoms. The van der Waals surface area contributed by atoms with Gasteiger partial charge in [0.1, 0.15) is 0 Å². The summed E-state index contributed by atoms with van der Waals surface area (Å²) in [6, 6.07) is 32.5. The highest BCUT2D eigenvalue weighted by molar-refractivity contribution is 9.09. The Morgan fingerprint density at radius 3 is 1.47 bits per heavy atom. The fraction of sp³-hybridized carbons (Fsp3) is 0.400. The van der Waals surface area contributed by atoms with Crippen LogP contribution in [0, 0.1) is 23.2 Å². The van der Waals surface area contributed by atoms with Crippen molar-refractivity contribution in [2.45, 2.75) is 45.1 Å². The molecule has 32 heavy (non-hydrogen) atoms. The summed E-state index contributed by atoms with van der Waals surface area (Å²) in [5.74, 6) is 0.831. The summed E-state index contributed by atoms with van der Waals surface area (Å²) in [5, 5.41) is 12.7. The summed E-state index contributed by atoms with van der Waals surface area (Å²) < 4.78 is 0. The molecule has 0 radical (unpaired) electrons. The molecule has 1 fully saturated rings. The molecule has 168 valence electrons. The van der Waals surface area contributed by atoms with Crippen molar-refractivity contribution in [3.05, 3.63) is 108 Å². The Morgan fingerprint density at radius 1 is 0.719 bits per heavy atom. The van der Waals surface area contributed by atoms with Crippen molar-refractivity contribution in [3.63, 3.8) is 0 Å². The first-order chi connectivity index (χ1) is 15.4. The molecular weight excluding hydrogens is 456 g/mol. The third-order valence-electron chi connectivity index (χ3n) is 7.69. The molecule has 0 bridgehead atoms. The van der Waals surface area contributed by atoms with E-state index in [1.807, 2.05) is 0 Å². The first kappa shape index (κ1) is 23.3. The normalized spacial score (nSPS) is 24.3. The van der Waals surface area contributed by atoms with Gasteiger partial charge >= 0.3 is 0 Å². The predicted octanol–water partition coefficient (Wildman–Crippen LogP) is 7.47. The van der Waals surface area contributed by atoms with E-state index in [1.165, 1.54) is 16.7 Å². The molecule has 3 aromatic carbocycles. The molecule has 4 atom stereocenters. The van der Waals surface area contributed by atoms with Crippen molar-refractivity contribution in [3.8, 4) is 0 Å². The zero-order valence-corrected chi connectivity index (χ0v) is 21.0. The van der Waals surface area contributed by atoms with Crippen LogP contribution in [-0.4, -0.2) is 16.5 Å². The maximum atomic E-state index is 11.9. The van der Waals surface area contributed by atoms with Gasteiger partial charge in [0.25, 0.3) is 0 Å². The Hall–Kier alpha value is -1.90. The Kier molecular flexibility index (Phi) is 6.93. The standard InChI is InChI=1S/C30H35BrO/c1-29(2,3)26-19-22(21-31)28(32)27(20-26)30(23-13-7-4-8-14-23,24-15-9-5-10-16-24)25-17-11-6-12-18-25/h4-18,22,26-28,32H,19-21H2,1-3H3. The molecule has 1 aliphatic carbocycles. The number of hydrogen-bond donors (Lipinski definition) is 1. The Balaban J connectivity index is 2.02. The van der Waals surface area contributed by atoms with Gasteiger partial charge in [-0.25, -0.2) is 0 Å².